The van der Waals surface area contributed by atoms with Crippen LogP contribution in [0.5, 0.6) is 0 Å². The molecule has 6 nitrogen and oxygen atoms in total. The van der Waals surface area contributed by atoms with Gasteiger partial charge in [-0.1, -0.05) is 18.2 Å². The van der Waals surface area contributed by atoms with E-state index in [2.05, 4.69) is 15.5 Å². The largest absolute Gasteiger partial charge is 0.313 e. The lowest BCUT2D eigenvalue weighted by atomic mass is 10.1. The van der Waals surface area contributed by atoms with Crippen molar-refractivity contribution in [3.63, 3.8) is 0 Å². The number of rotatable bonds is 4. The Balaban J connectivity index is 2.18. The molecule has 0 bridgehead atoms. The summed E-state index contributed by atoms with van der Waals surface area (Å²) in [6.07, 6.45) is 4.32. The average molecular weight is 281 g/mol. The number of hydrogen-bond acceptors (Lipinski definition) is 3. The zero-order valence-corrected chi connectivity index (χ0v) is 11.8. The summed E-state index contributed by atoms with van der Waals surface area (Å²) >= 11 is 0. The summed E-state index contributed by atoms with van der Waals surface area (Å²) in [6, 6.07) is 9.68. The lowest BCUT2D eigenvalue weighted by molar-refractivity contribution is -0.105. The molecule has 0 fully saturated rings. The highest BCUT2D eigenvalue weighted by Gasteiger charge is 2.17. The molecule has 1 amide bonds. The maximum absolute atomic E-state index is 10.9. The molecular weight excluding hydrogens is 266 g/mol. The van der Waals surface area contributed by atoms with Crippen LogP contribution >= 0.6 is 0 Å². The van der Waals surface area contributed by atoms with Crippen molar-refractivity contribution in [2.75, 3.05) is 5.32 Å². The Morgan fingerprint density at radius 3 is 2.62 bits per heavy atom. The van der Waals surface area contributed by atoms with Crippen molar-refractivity contribution in [1.29, 1.82) is 0 Å². The first kappa shape index (κ1) is 13.1. The molecule has 2 heterocycles. The maximum Gasteiger partial charge on any atom is 0.212 e. The van der Waals surface area contributed by atoms with E-state index in [1.807, 2.05) is 50.5 Å². The third-order valence-electron chi connectivity index (χ3n) is 3.30. The summed E-state index contributed by atoms with van der Waals surface area (Å²) < 4.78 is 3.45. The minimum Gasteiger partial charge on any atom is -0.313 e. The van der Waals surface area contributed by atoms with Crippen LogP contribution in [-0.2, 0) is 11.8 Å². The molecule has 0 atom stereocenters. The quantitative estimate of drug-likeness (QED) is 0.745. The number of carbonyl (C=O) groups is 1. The smallest absolute Gasteiger partial charge is 0.212 e. The third kappa shape index (κ3) is 2.31. The topological polar surface area (TPSA) is 64.7 Å². The number of hydrogen-bond donors (Lipinski definition) is 1. The summed E-state index contributed by atoms with van der Waals surface area (Å²) in [5, 5.41) is 11.5. The summed E-state index contributed by atoms with van der Waals surface area (Å²) in [6.45, 7) is 1.93. The molecule has 0 saturated heterocycles. The Kier molecular flexibility index (Phi) is 3.27. The monoisotopic (exact) mass is 281 g/mol. The lowest BCUT2D eigenvalue weighted by Gasteiger charge is -2.06. The number of nitrogens with zero attached hydrogens (tertiary/aromatic N) is 4. The van der Waals surface area contributed by atoms with E-state index in [0.29, 0.717) is 12.2 Å². The molecule has 0 spiro atoms. The van der Waals surface area contributed by atoms with Crippen molar-refractivity contribution in [3.05, 3.63) is 48.3 Å². The first-order chi connectivity index (χ1) is 10.2. The summed E-state index contributed by atoms with van der Waals surface area (Å²) in [7, 11) is 1.86. The summed E-state index contributed by atoms with van der Waals surface area (Å²) in [5.74, 6) is 0.662. The van der Waals surface area contributed by atoms with Gasteiger partial charge in [0, 0.05) is 24.4 Å². The maximum atomic E-state index is 10.9. The molecule has 0 aliphatic carbocycles. The molecule has 21 heavy (non-hydrogen) atoms. The minimum absolute atomic E-state index is 0.662. The molecule has 0 unspecified atom stereocenters. The van der Waals surface area contributed by atoms with Gasteiger partial charge >= 0.3 is 0 Å². The molecule has 106 valence electrons. The lowest BCUT2D eigenvalue weighted by Crippen LogP contribution is -2.05. The number of anilines is 1. The van der Waals surface area contributed by atoms with E-state index in [1.165, 1.54) is 0 Å². The molecule has 1 aromatic carbocycles. The Morgan fingerprint density at radius 2 is 2.00 bits per heavy atom. The second-order valence-electron chi connectivity index (χ2n) is 4.73. The number of carbonyl (C=O) groups excluding carboxylic acids is 1. The van der Waals surface area contributed by atoms with Crippen molar-refractivity contribution in [2.45, 2.75) is 6.92 Å². The van der Waals surface area contributed by atoms with Crippen LogP contribution in [0.15, 0.2) is 42.7 Å². The molecular formula is C15H15N5O. The van der Waals surface area contributed by atoms with Crippen molar-refractivity contribution in [3.8, 4) is 16.9 Å². The number of para-hydroxylation sites is 1. The molecule has 1 N–H and O–H groups in total. The van der Waals surface area contributed by atoms with E-state index in [-0.39, 0.29) is 0 Å². The Labute approximate surface area is 122 Å². The van der Waals surface area contributed by atoms with Gasteiger partial charge in [0.15, 0.2) is 0 Å². The van der Waals surface area contributed by atoms with Crippen LogP contribution in [0.2, 0.25) is 0 Å². The highest BCUT2D eigenvalue weighted by atomic mass is 16.1. The van der Waals surface area contributed by atoms with Crippen LogP contribution in [0.3, 0.4) is 0 Å². The van der Waals surface area contributed by atoms with Crippen molar-refractivity contribution >= 4 is 12.2 Å². The predicted octanol–water partition coefficient (Wildman–Crippen LogP) is 2.15. The van der Waals surface area contributed by atoms with Gasteiger partial charge < -0.3 is 5.32 Å². The standard InChI is InChI=1S/C15H15N5O/c1-11-14(12-8-17-19(2)9-12)18-20(15(11)16-10-21)13-6-4-3-5-7-13/h3-10H,1-2H3,(H,16,21). The predicted molar refractivity (Wildman–Crippen MR) is 80.2 cm³/mol. The van der Waals surface area contributed by atoms with Crippen LogP contribution in [-0.4, -0.2) is 26.0 Å². The fraction of sp³-hybridized carbons (Fsp3) is 0.133. The fourth-order valence-electron chi connectivity index (χ4n) is 2.29. The second kappa shape index (κ2) is 5.24. The molecule has 0 saturated carbocycles. The first-order valence-corrected chi connectivity index (χ1v) is 6.55. The van der Waals surface area contributed by atoms with Gasteiger partial charge in [0.25, 0.3) is 0 Å². The van der Waals surface area contributed by atoms with Crippen LogP contribution in [0.4, 0.5) is 5.82 Å². The third-order valence-corrected chi connectivity index (χ3v) is 3.30. The number of aromatic nitrogens is 4. The second-order valence-corrected chi connectivity index (χ2v) is 4.73. The van der Waals surface area contributed by atoms with E-state index in [9.17, 15) is 4.79 Å². The van der Waals surface area contributed by atoms with Crippen molar-refractivity contribution in [2.24, 2.45) is 7.05 Å². The molecule has 3 rings (SSSR count). The van der Waals surface area contributed by atoms with Gasteiger partial charge in [0.1, 0.15) is 11.5 Å². The van der Waals surface area contributed by atoms with Crippen LogP contribution in [0.25, 0.3) is 16.9 Å². The highest BCUT2D eigenvalue weighted by Crippen LogP contribution is 2.29. The Bertz CT molecular complexity index is 773. The zero-order valence-electron chi connectivity index (χ0n) is 11.8. The van der Waals surface area contributed by atoms with Crippen molar-refractivity contribution in [1.82, 2.24) is 19.6 Å². The Morgan fingerprint density at radius 1 is 1.24 bits per heavy atom. The normalized spacial score (nSPS) is 10.6. The summed E-state index contributed by atoms with van der Waals surface area (Å²) in [5.41, 5.74) is 3.51. The van der Waals surface area contributed by atoms with Gasteiger partial charge in [-0.05, 0) is 19.1 Å². The van der Waals surface area contributed by atoms with Gasteiger partial charge in [-0.3, -0.25) is 9.48 Å². The van der Waals surface area contributed by atoms with Crippen molar-refractivity contribution < 1.29 is 4.79 Å². The fourth-order valence-corrected chi connectivity index (χ4v) is 2.29. The van der Waals surface area contributed by atoms with Gasteiger partial charge in [-0.2, -0.15) is 10.2 Å². The van der Waals surface area contributed by atoms with Gasteiger partial charge in [-0.25, -0.2) is 4.68 Å². The van der Waals surface area contributed by atoms with Gasteiger partial charge in [0.05, 0.1) is 11.9 Å². The number of benzene rings is 1. The SMILES string of the molecule is Cc1c(-c2cnn(C)c2)nn(-c2ccccc2)c1NC=O. The van der Waals surface area contributed by atoms with E-state index < -0.39 is 0 Å². The average Bonchev–Trinajstić information content (AvgIpc) is 3.06. The van der Waals surface area contributed by atoms with Gasteiger partial charge in [0.2, 0.25) is 6.41 Å². The summed E-state index contributed by atoms with van der Waals surface area (Å²) in [4.78, 5) is 10.9. The Hall–Kier alpha value is -2.89. The molecule has 0 aliphatic rings. The molecule has 0 aliphatic heterocycles. The zero-order chi connectivity index (χ0) is 14.8. The van der Waals surface area contributed by atoms with Crippen LogP contribution in [0, 0.1) is 6.92 Å². The van der Waals surface area contributed by atoms with Crippen LogP contribution in [0.1, 0.15) is 5.56 Å². The number of nitrogens with one attached hydrogen (secondary N) is 1. The number of aryl methyl sites for hydroxylation is 1. The van der Waals surface area contributed by atoms with Gasteiger partial charge in [-0.15, -0.1) is 0 Å². The molecule has 0 radical (unpaired) electrons. The van der Waals surface area contributed by atoms with E-state index >= 15 is 0 Å². The number of amides is 1. The minimum atomic E-state index is 0.662. The van der Waals surface area contributed by atoms with E-state index in [0.717, 1.165) is 22.5 Å². The van der Waals surface area contributed by atoms with Crippen LogP contribution < -0.4 is 5.32 Å². The molecule has 6 heteroatoms. The molecule has 3 aromatic rings. The highest BCUT2D eigenvalue weighted by molar-refractivity contribution is 5.77. The first-order valence-electron chi connectivity index (χ1n) is 6.55. The van der Waals surface area contributed by atoms with E-state index in [1.54, 1.807) is 15.6 Å². The molecule has 2 aromatic heterocycles. The van der Waals surface area contributed by atoms with E-state index in [4.69, 9.17) is 0 Å².